The fourth-order valence-corrected chi connectivity index (χ4v) is 5.78. The number of nitrogens with one attached hydrogen (secondary N) is 1. The van der Waals surface area contributed by atoms with Gasteiger partial charge in [-0.3, -0.25) is 9.10 Å². The van der Waals surface area contributed by atoms with Gasteiger partial charge in [-0.1, -0.05) is 59.1 Å². The molecule has 5 nitrogen and oxygen atoms in total. The summed E-state index contributed by atoms with van der Waals surface area (Å²) >= 11 is 18.2. The monoisotopic (exact) mass is 510 g/mol. The van der Waals surface area contributed by atoms with Crippen molar-refractivity contribution in [3.8, 4) is 0 Å². The van der Waals surface area contributed by atoms with E-state index in [-0.39, 0.29) is 39.6 Å². The SMILES string of the molecule is CS(=O)(=O)N(CCCC(=O)Nc1ccc2c3c(cccc13)CC2)c1cc(Cl)c(Cl)cc1Cl. The molecule has 0 radical (unpaired) electrons. The highest BCUT2D eigenvalue weighted by Crippen LogP contribution is 2.36. The number of carbonyl (C=O) groups is 1. The molecule has 32 heavy (non-hydrogen) atoms. The van der Waals surface area contributed by atoms with Crippen molar-refractivity contribution in [3.05, 3.63) is 68.7 Å². The zero-order chi connectivity index (χ0) is 23.0. The third-order valence-electron chi connectivity index (χ3n) is 5.57. The van der Waals surface area contributed by atoms with Gasteiger partial charge in [-0.05, 0) is 54.0 Å². The molecular formula is C23H21Cl3N2O3S. The predicted octanol–water partition coefficient (Wildman–Crippen LogP) is 6.08. The van der Waals surface area contributed by atoms with Crippen molar-refractivity contribution >= 4 is 72.9 Å². The van der Waals surface area contributed by atoms with E-state index < -0.39 is 10.0 Å². The fraction of sp³-hybridized carbons (Fsp3) is 0.261. The molecule has 4 rings (SSSR count). The average molecular weight is 512 g/mol. The second-order valence-corrected chi connectivity index (χ2v) is 10.9. The molecule has 0 atom stereocenters. The van der Waals surface area contributed by atoms with E-state index >= 15 is 0 Å². The third-order valence-corrected chi connectivity index (χ3v) is 7.78. The van der Waals surface area contributed by atoms with Crippen LogP contribution in [-0.2, 0) is 27.7 Å². The van der Waals surface area contributed by atoms with E-state index in [1.165, 1.54) is 28.6 Å². The van der Waals surface area contributed by atoms with Crippen LogP contribution in [0.2, 0.25) is 15.1 Å². The second-order valence-electron chi connectivity index (χ2n) is 7.82. The molecule has 9 heteroatoms. The van der Waals surface area contributed by atoms with Gasteiger partial charge in [0, 0.05) is 24.0 Å². The Kier molecular flexibility index (Phi) is 6.59. The number of anilines is 2. The van der Waals surface area contributed by atoms with Crippen LogP contribution in [0, 0.1) is 0 Å². The van der Waals surface area contributed by atoms with Crippen molar-refractivity contribution in [1.82, 2.24) is 0 Å². The van der Waals surface area contributed by atoms with Crippen molar-refractivity contribution in [2.75, 3.05) is 22.4 Å². The van der Waals surface area contributed by atoms with Crippen molar-refractivity contribution in [1.29, 1.82) is 0 Å². The molecule has 3 aromatic rings. The van der Waals surface area contributed by atoms with E-state index in [1.54, 1.807) is 0 Å². The van der Waals surface area contributed by atoms with Crippen LogP contribution in [0.4, 0.5) is 11.4 Å². The van der Waals surface area contributed by atoms with Crippen LogP contribution >= 0.6 is 34.8 Å². The Hall–Kier alpha value is -1.99. The van der Waals surface area contributed by atoms with Crippen LogP contribution in [0.5, 0.6) is 0 Å². The molecule has 0 bridgehead atoms. The van der Waals surface area contributed by atoms with Gasteiger partial charge in [-0.2, -0.15) is 0 Å². The lowest BCUT2D eigenvalue weighted by molar-refractivity contribution is -0.116. The number of benzene rings is 3. The largest absolute Gasteiger partial charge is 0.326 e. The van der Waals surface area contributed by atoms with E-state index in [1.807, 2.05) is 18.2 Å². The van der Waals surface area contributed by atoms with Gasteiger partial charge in [-0.25, -0.2) is 8.42 Å². The molecule has 1 amide bonds. The highest BCUT2D eigenvalue weighted by molar-refractivity contribution is 7.92. The number of amides is 1. The van der Waals surface area contributed by atoms with Gasteiger partial charge in [0.2, 0.25) is 15.9 Å². The summed E-state index contributed by atoms with van der Waals surface area (Å²) in [6.45, 7) is 0.0772. The number of rotatable bonds is 7. The molecule has 0 heterocycles. The smallest absolute Gasteiger partial charge is 0.232 e. The van der Waals surface area contributed by atoms with Gasteiger partial charge in [0.05, 0.1) is 27.0 Å². The van der Waals surface area contributed by atoms with E-state index in [0.717, 1.165) is 34.5 Å². The number of sulfonamides is 1. The molecule has 1 aliphatic carbocycles. The van der Waals surface area contributed by atoms with Gasteiger partial charge < -0.3 is 5.32 Å². The predicted molar refractivity (Wildman–Crippen MR) is 133 cm³/mol. The number of carbonyl (C=O) groups excluding carboxylic acids is 1. The zero-order valence-electron chi connectivity index (χ0n) is 17.3. The highest BCUT2D eigenvalue weighted by atomic mass is 35.5. The maximum Gasteiger partial charge on any atom is 0.232 e. The standard InChI is InChI=1S/C23H21Cl3N2O3S/c1-32(30,31)28(21-13-18(25)17(24)12-19(21)26)11-3-6-22(29)27-20-10-9-15-8-7-14-4-2-5-16(20)23(14)15/h2,4-5,9-10,12-13H,3,6-8,11H2,1H3,(H,27,29). The number of nitrogens with zero attached hydrogens (tertiary/aromatic N) is 1. The van der Waals surface area contributed by atoms with Gasteiger partial charge in [-0.15, -0.1) is 0 Å². The van der Waals surface area contributed by atoms with Gasteiger partial charge in [0.25, 0.3) is 0 Å². The summed E-state index contributed by atoms with van der Waals surface area (Å²) in [4.78, 5) is 12.6. The van der Waals surface area contributed by atoms with Crippen molar-refractivity contribution in [2.24, 2.45) is 0 Å². The van der Waals surface area contributed by atoms with E-state index in [2.05, 4.69) is 17.4 Å². The second kappa shape index (κ2) is 9.10. The maximum atomic E-state index is 12.6. The van der Waals surface area contributed by atoms with E-state index in [9.17, 15) is 13.2 Å². The molecule has 0 unspecified atom stereocenters. The summed E-state index contributed by atoms with van der Waals surface area (Å²) in [6, 6.07) is 13.0. The normalized spacial score (nSPS) is 12.9. The maximum absolute atomic E-state index is 12.6. The summed E-state index contributed by atoms with van der Waals surface area (Å²) in [5, 5.41) is 5.84. The molecule has 0 saturated heterocycles. The first-order valence-electron chi connectivity index (χ1n) is 10.1. The van der Waals surface area contributed by atoms with E-state index in [4.69, 9.17) is 34.8 Å². The van der Waals surface area contributed by atoms with Crippen LogP contribution < -0.4 is 9.62 Å². The first-order chi connectivity index (χ1) is 15.1. The third kappa shape index (κ3) is 4.69. The molecule has 1 aliphatic rings. The molecule has 0 fully saturated rings. The van der Waals surface area contributed by atoms with Gasteiger partial charge in [0.1, 0.15) is 0 Å². The molecule has 0 aliphatic heterocycles. The molecule has 0 saturated carbocycles. The van der Waals surface area contributed by atoms with Crippen LogP contribution in [0.25, 0.3) is 10.8 Å². The quantitative estimate of drug-likeness (QED) is 0.391. The Labute approximate surface area is 202 Å². The topological polar surface area (TPSA) is 66.5 Å². The lowest BCUT2D eigenvalue weighted by atomic mass is 10.0. The zero-order valence-corrected chi connectivity index (χ0v) is 20.4. The molecular weight excluding hydrogens is 491 g/mol. The fourth-order valence-electron chi connectivity index (χ4n) is 4.12. The minimum Gasteiger partial charge on any atom is -0.326 e. The summed E-state index contributed by atoms with van der Waals surface area (Å²) in [6.07, 6.45) is 3.56. The Bertz CT molecular complexity index is 1320. The van der Waals surface area contributed by atoms with Crippen molar-refractivity contribution < 1.29 is 13.2 Å². The first kappa shape index (κ1) is 23.2. The van der Waals surface area contributed by atoms with Gasteiger partial charge in [0.15, 0.2) is 0 Å². The molecule has 0 spiro atoms. The Morgan fingerprint density at radius 1 is 1.00 bits per heavy atom. The number of hydrogen-bond acceptors (Lipinski definition) is 3. The van der Waals surface area contributed by atoms with Crippen LogP contribution in [0.3, 0.4) is 0 Å². The van der Waals surface area contributed by atoms with Crippen LogP contribution in [0.15, 0.2) is 42.5 Å². The number of hydrogen-bond donors (Lipinski definition) is 1. The molecule has 3 aromatic carbocycles. The Morgan fingerprint density at radius 2 is 1.69 bits per heavy atom. The van der Waals surface area contributed by atoms with Crippen molar-refractivity contribution in [2.45, 2.75) is 25.7 Å². The highest BCUT2D eigenvalue weighted by Gasteiger charge is 2.22. The van der Waals surface area contributed by atoms with Crippen LogP contribution in [-0.4, -0.2) is 27.1 Å². The summed E-state index contributed by atoms with van der Waals surface area (Å²) in [7, 11) is -3.64. The molecule has 1 N–H and O–H groups in total. The lowest BCUT2D eigenvalue weighted by Gasteiger charge is -2.24. The average Bonchev–Trinajstić information content (AvgIpc) is 3.14. The number of halogens is 3. The number of aryl methyl sites for hydroxylation is 2. The van der Waals surface area contributed by atoms with Crippen molar-refractivity contribution in [3.63, 3.8) is 0 Å². The first-order valence-corrected chi connectivity index (χ1v) is 13.1. The minimum absolute atomic E-state index is 0.0772. The molecule has 168 valence electrons. The van der Waals surface area contributed by atoms with Crippen LogP contribution in [0.1, 0.15) is 24.0 Å². The Morgan fingerprint density at radius 3 is 2.41 bits per heavy atom. The molecule has 0 aromatic heterocycles. The Balaban J connectivity index is 1.46. The summed E-state index contributed by atoms with van der Waals surface area (Å²) < 4.78 is 25.9. The lowest BCUT2D eigenvalue weighted by Crippen LogP contribution is -2.31. The van der Waals surface area contributed by atoms with E-state index in [0.29, 0.717) is 6.42 Å². The summed E-state index contributed by atoms with van der Waals surface area (Å²) in [5.41, 5.74) is 3.60. The summed E-state index contributed by atoms with van der Waals surface area (Å²) in [5.74, 6) is -0.183. The van der Waals surface area contributed by atoms with Gasteiger partial charge >= 0.3 is 0 Å². The minimum atomic E-state index is -3.64.